The van der Waals surface area contributed by atoms with Crippen LogP contribution < -0.4 is 4.90 Å². The van der Waals surface area contributed by atoms with Crippen LogP contribution in [0.1, 0.15) is 21.7 Å². The summed E-state index contributed by atoms with van der Waals surface area (Å²) in [5.41, 5.74) is 2.17. The highest BCUT2D eigenvalue weighted by molar-refractivity contribution is 7.22. The Morgan fingerprint density at radius 2 is 2.11 bits per heavy atom. The number of fused-ring (bicyclic) bond motifs is 1. The minimum Gasteiger partial charge on any atom is -0.379 e. The second-order valence-corrected chi connectivity index (χ2v) is 8.67. The van der Waals surface area contributed by atoms with E-state index in [1.807, 2.05) is 28.5 Å². The molecule has 0 saturated carbocycles. The molecule has 0 aliphatic carbocycles. The maximum absolute atomic E-state index is 13.1. The van der Waals surface area contributed by atoms with Crippen molar-refractivity contribution in [3.05, 3.63) is 46.2 Å². The summed E-state index contributed by atoms with van der Waals surface area (Å²) in [6.07, 6.45) is 0.923. The summed E-state index contributed by atoms with van der Waals surface area (Å²) >= 11 is 3.08. The minimum absolute atomic E-state index is 0. The van der Waals surface area contributed by atoms with Crippen LogP contribution >= 0.6 is 35.1 Å². The van der Waals surface area contributed by atoms with Crippen molar-refractivity contribution in [3.8, 4) is 0 Å². The predicted octanol–water partition coefficient (Wildman–Crippen LogP) is 4.46. The van der Waals surface area contributed by atoms with E-state index in [0.717, 1.165) is 59.5 Å². The van der Waals surface area contributed by atoms with Gasteiger partial charge in [-0.15, -0.1) is 23.7 Å². The molecule has 1 aromatic carbocycles. The maximum atomic E-state index is 13.1. The first kappa shape index (κ1) is 21.2. The number of ether oxygens (including phenoxy) is 1. The molecule has 0 unspecified atom stereocenters. The van der Waals surface area contributed by atoms with Gasteiger partial charge in [0.1, 0.15) is 0 Å². The number of thiazole rings is 1. The number of carbonyl (C=O) groups excluding carboxylic acids is 1. The van der Waals surface area contributed by atoms with Gasteiger partial charge in [-0.05, 0) is 42.5 Å². The van der Waals surface area contributed by atoms with E-state index in [0.29, 0.717) is 6.54 Å². The topological polar surface area (TPSA) is 45.7 Å². The molecule has 5 nitrogen and oxygen atoms in total. The van der Waals surface area contributed by atoms with Crippen molar-refractivity contribution in [3.63, 3.8) is 0 Å². The van der Waals surface area contributed by atoms with E-state index >= 15 is 0 Å². The van der Waals surface area contributed by atoms with Gasteiger partial charge in [0.05, 0.1) is 28.3 Å². The number of hydrogen-bond acceptors (Lipinski definition) is 6. The number of benzene rings is 1. The molecule has 1 aliphatic rings. The molecule has 8 heteroatoms. The van der Waals surface area contributed by atoms with Crippen molar-refractivity contribution in [1.29, 1.82) is 0 Å². The zero-order valence-electron chi connectivity index (χ0n) is 15.8. The van der Waals surface area contributed by atoms with Crippen LogP contribution in [0.15, 0.2) is 35.7 Å². The summed E-state index contributed by atoms with van der Waals surface area (Å²) in [6.45, 7) is 7.27. The lowest BCUT2D eigenvalue weighted by Crippen LogP contribution is -2.39. The smallest absolute Gasteiger partial charge is 0.270 e. The Kier molecular flexibility index (Phi) is 7.42. The minimum atomic E-state index is 0. The molecule has 0 spiro atoms. The third-order valence-electron chi connectivity index (χ3n) is 4.70. The van der Waals surface area contributed by atoms with Gasteiger partial charge in [0, 0.05) is 26.2 Å². The molecule has 1 aliphatic heterocycles. The van der Waals surface area contributed by atoms with Gasteiger partial charge in [-0.3, -0.25) is 14.6 Å². The Morgan fingerprint density at radius 3 is 2.86 bits per heavy atom. The van der Waals surface area contributed by atoms with E-state index in [1.54, 1.807) is 11.3 Å². The summed E-state index contributed by atoms with van der Waals surface area (Å²) in [5, 5.41) is 2.73. The monoisotopic (exact) mass is 437 g/mol. The average molecular weight is 438 g/mol. The number of anilines is 1. The first-order chi connectivity index (χ1) is 13.2. The fourth-order valence-electron chi connectivity index (χ4n) is 3.23. The number of aromatic nitrogens is 1. The Morgan fingerprint density at radius 1 is 1.29 bits per heavy atom. The summed E-state index contributed by atoms with van der Waals surface area (Å²) in [5.74, 6) is 0.0442. The third-order valence-corrected chi connectivity index (χ3v) is 6.60. The lowest BCUT2D eigenvalue weighted by atomic mass is 10.2. The van der Waals surface area contributed by atoms with Crippen LogP contribution in [-0.4, -0.2) is 55.2 Å². The Balaban J connectivity index is 0.00000225. The first-order valence-electron chi connectivity index (χ1n) is 9.23. The molecule has 3 heterocycles. The second-order valence-electron chi connectivity index (χ2n) is 6.71. The molecule has 150 valence electrons. The van der Waals surface area contributed by atoms with Gasteiger partial charge in [-0.1, -0.05) is 23.5 Å². The lowest BCUT2D eigenvalue weighted by Gasteiger charge is -2.27. The van der Waals surface area contributed by atoms with E-state index in [2.05, 4.69) is 24.0 Å². The fourth-order valence-corrected chi connectivity index (χ4v) is 4.99. The largest absolute Gasteiger partial charge is 0.379 e. The highest BCUT2D eigenvalue weighted by Crippen LogP contribution is 2.31. The van der Waals surface area contributed by atoms with Gasteiger partial charge in [-0.2, -0.15) is 0 Å². The van der Waals surface area contributed by atoms with E-state index < -0.39 is 0 Å². The quantitative estimate of drug-likeness (QED) is 0.571. The molecule has 0 radical (unpaired) electrons. The van der Waals surface area contributed by atoms with Crippen LogP contribution in [0.4, 0.5) is 5.13 Å². The van der Waals surface area contributed by atoms with E-state index in [4.69, 9.17) is 9.72 Å². The molecule has 4 rings (SSSR count). The highest BCUT2D eigenvalue weighted by Gasteiger charge is 2.22. The molecule has 0 atom stereocenters. The zero-order chi connectivity index (χ0) is 18.6. The lowest BCUT2D eigenvalue weighted by molar-refractivity contribution is 0.0376. The SMILES string of the molecule is Cc1ccc2nc(N(CCCN3CCOCC3)C(=O)c3cccs3)sc2c1.Cl. The highest BCUT2D eigenvalue weighted by atomic mass is 35.5. The fraction of sp³-hybridized carbons (Fsp3) is 0.400. The average Bonchev–Trinajstić information content (AvgIpc) is 3.35. The Labute approximate surface area is 179 Å². The van der Waals surface area contributed by atoms with Gasteiger partial charge in [0.2, 0.25) is 0 Å². The molecule has 1 amide bonds. The number of carbonyl (C=O) groups is 1. The normalized spacial score (nSPS) is 14.8. The van der Waals surface area contributed by atoms with E-state index in [9.17, 15) is 4.79 Å². The van der Waals surface area contributed by atoms with Gasteiger partial charge in [0.25, 0.3) is 5.91 Å². The molecular weight excluding hydrogens is 414 g/mol. The van der Waals surface area contributed by atoms with Crippen LogP contribution in [0.5, 0.6) is 0 Å². The summed E-state index contributed by atoms with van der Waals surface area (Å²) in [7, 11) is 0. The molecule has 3 aromatic rings. The van der Waals surface area contributed by atoms with Crippen LogP contribution in [0.3, 0.4) is 0 Å². The summed E-state index contributed by atoms with van der Waals surface area (Å²) < 4.78 is 6.54. The predicted molar refractivity (Wildman–Crippen MR) is 119 cm³/mol. The van der Waals surface area contributed by atoms with E-state index in [-0.39, 0.29) is 18.3 Å². The number of halogens is 1. The van der Waals surface area contributed by atoms with Crippen molar-refractivity contribution in [2.75, 3.05) is 44.3 Å². The molecule has 0 bridgehead atoms. The molecule has 0 N–H and O–H groups in total. The van der Waals surface area contributed by atoms with Crippen LogP contribution in [0, 0.1) is 6.92 Å². The second kappa shape index (κ2) is 9.80. The number of hydrogen-bond donors (Lipinski definition) is 0. The standard InChI is InChI=1S/C20H23N3O2S2.ClH/c1-15-5-6-16-18(14-15)27-20(21-16)23(19(24)17-4-2-13-26-17)8-3-7-22-9-11-25-12-10-22;/h2,4-6,13-14H,3,7-12H2,1H3;1H. The van der Waals surface area contributed by atoms with Gasteiger partial charge in [-0.25, -0.2) is 4.98 Å². The Hall–Kier alpha value is -1.51. The van der Waals surface area contributed by atoms with Crippen LogP contribution in [0.2, 0.25) is 0 Å². The number of aryl methyl sites for hydroxylation is 1. The van der Waals surface area contributed by atoms with Crippen molar-refractivity contribution >= 4 is 56.3 Å². The van der Waals surface area contributed by atoms with Crippen molar-refractivity contribution in [2.45, 2.75) is 13.3 Å². The van der Waals surface area contributed by atoms with Gasteiger partial charge in [0.15, 0.2) is 5.13 Å². The molecule has 1 fully saturated rings. The van der Waals surface area contributed by atoms with Gasteiger partial charge < -0.3 is 4.74 Å². The maximum Gasteiger partial charge on any atom is 0.270 e. The molecule has 28 heavy (non-hydrogen) atoms. The van der Waals surface area contributed by atoms with Crippen molar-refractivity contribution in [2.24, 2.45) is 0 Å². The zero-order valence-corrected chi connectivity index (χ0v) is 18.2. The number of rotatable bonds is 6. The summed E-state index contributed by atoms with van der Waals surface area (Å²) in [6, 6.07) is 10.0. The third kappa shape index (κ3) is 4.90. The number of amides is 1. The van der Waals surface area contributed by atoms with E-state index in [1.165, 1.54) is 16.9 Å². The number of nitrogens with zero attached hydrogens (tertiary/aromatic N) is 3. The van der Waals surface area contributed by atoms with Crippen molar-refractivity contribution in [1.82, 2.24) is 9.88 Å². The Bertz CT molecular complexity index is 907. The molecule has 2 aromatic heterocycles. The molecule has 1 saturated heterocycles. The molecular formula is C20H24ClN3O2S2. The number of thiophene rings is 1. The van der Waals surface area contributed by atoms with Crippen molar-refractivity contribution < 1.29 is 9.53 Å². The first-order valence-corrected chi connectivity index (χ1v) is 10.9. The van der Waals surface area contributed by atoms with Crippen LogP contribution in [0.25, 0.3) is 10.2 Å². The number of morpholine rings is 1. The van der Waals surface area contributed by atoms with Crippen LogP contribution in [-0.2, 0) is 4.74 Å². The van der Waals surface area contributed by atoms with Gasteiger partial charge >= 0.3 is 0 Å². The summed E-state index contributed by atoms with van der Waals surface area (Å²) in [4.78, 5) is 22.9.